The van der Waals surface area contributed by atoms with E-state index in [1.807, 2.05) is 0 Å². The van der Waals surface area contributed by atoms with E-state index in [-0.39, 0.29) is 0 Å². The molecule has 0 saturated carbocycles. The molecule has 0 radical (unpaired) electrons. The van der Waals surface area contributed by atoms with Gasteiger partial charge in [0, 0.05) is 25.8 Å². The molecule has 88 valence electrons. The quantitative estimate of drug-likeness (QED) is 0.750. The van der Waals surface area contributed by atoms with Crippen molar-refractivity contribution >= 4 is 5.69 Å². The minimum absolute atomic E-state index is 0.759. The minimum Gasteiger partial charge on any atom is -0.374 e. The van der Waals surface area contributed by atoms with Gasteiger partial charge >= 0.3 is 0 Å². The Morgan fingerprint density at radius 1 is 1.38 bits per heavy atom. The van der Waals surface area contributed by atoms with Gasteiger partial charge in [-0.25, -0.2) is 0 Å². The smallest absolute Gasteiger partial charge is 0.0396 e. The van der Waals surface area contributed by atoms with E-state index < -0.39 is 0 Å². The Bertz CT molecular complexity index is 371. The minimum atomic E-state index is 0.759. The van der Waals surface area contributed by atoms with Crippen LogP contribution < -0.4 is 4.90 Å². The maximum atomic E-state index is 2.40. The lowest BCUT2D eigenvalue weighted by Gasteiger charge is -2.34. The molecule has 0 aliphatic carbocycles. The van der Waals surface area contributed by atoms with Gasteiger partial charge in [0.25, 0.3) is 0 Å². The molecule has 0 bridgehead atoms. The largest absolute Gasteiger partial charge is 0.374 e. The van der Waals surface area contributed by atoms with Crippen molar-refractivity contribution in [2.24, 2.45) is 5.92 Å². The van der Waals surface area contributed by atoms with Crippen molar-refractivity contribution < 1.29 is 0 Å². The van der Waals surface area contributed by atoms with Crippen LogP contribution in [-0.4, -0.2) is 39.1 Å². The summed E-state index contributed by atoms with van der Waals surface area (Å²) in [7, 11) is 6.52. The van der Waals surface area contributed by atoms with Crippen molar-refractivity contribution in [3.05, 3.63) is 29.3 Å². The molecule has 1 aromatic rings. The van der Waals surface area contributed by atoms with Crippen molar-refractivity contribution in [1.29, 1.82) is 0 Å². The summed E-state index contributed by atoms with van der Waals surface area (Å²) in [6.07, 6.45) is 1.22. The van der Waals surface area contributed by atoms with E-state index in [0.29, 0.717) is 0 Å². The molecule has 0 fully saturated rings. The summed E-state index contributed by atoms with van der Waals surface area (Å²) in [6.45, 7) is 4.53. The summed E-state index contributed by atoms with van der Waals surface area (Å²) in [4.78, 5) is 4.69. The zero-order chi connectivity index (χ0) is 11.7. The molecule has 0 saturated heterocycles. The fourth-order valence-electron chi connectivity index (χ4n) is 2.75. The van der Waals surface area contributed by atoms with Gasteiger partial charge in [0.1, 0.15) is 0 Å². The van der Waals surface area contributed by atoms with Crippen LogP contribution >= 0.6 is 0 Å². The van der Waals surface area contributed by atoms with Crippen LogP contribution in [0.5, 0.6) is 0 Å². The second-order valence-electron chi connectivity index (χ2n) is 5.35. The van der Waals surface area contributed by atoms with Gasteiger partial charge in [-0.3, -0.25) is 0 Å². The molecule has 1 aliphatic heterocycles. The molecule has 0 spiro atoms. The number of hydrogen-bond acceptors (Lipinski definition) is 2. The Morgan fingerprint density at radius 2 is 2.12 bits per heavy atom. The van der Waals surface area contributed by atoms with Crippen molar-refractivity contribution in [2.45, 2.75) is 13.3 Å². The molecule has 2 rings (SSSR count). The summed E-state index contributed by atoms with van der Waals surface area (Å²) in [5, 5.41) is 0. The molecule has 0 aromatic heterocycles. The first-order valence-electron chi connectivity index (χ1n) is 6.01. The van der Waals surface area contributed by atoms with Gasteiger partial charge in [0.05, 0.1) is 0 Å². The maximum absolute atomic E-state index is 2.40. The molecular weight excluding hydrogens is 196 g/mol. The summed E-state index contributed by atoms with van der Waals surface area (Å²) >= 11 is 0. The number of hydrogen-bond donors (Lipinski definition) is 0. The van der Waals surface area contributed by atoms with Gasteiger partial charge in [-0.2, -0.15) is 0 Å². The Balaban J connectivity index is 2.20. The van der Waals surface area contributed by atoms with E-state index in [0.717, 1.165) is 5.92 Å². The summed E-state index contributed by atoms with van der Waals surface area (Å²) in [6, 6.07) is 6.81. The van der Waals surface area contributed by atoms with Crippen LogP contribution in [-0.2, 0) is 6.42 Å². The molecule has 1 aliphatic rings. The van der Waals surface area contributed by atoms with Crippen LogP contribution in [0.15, 0.2) is 18.2 Å². The lowest BCUT2D eigenvalue weighted by Crippen LogP contribution is -2.37. The predicted octanol–water partition coefficient (Wildman–Crippen LogP) is 2.17. The third-order valence-electron chi connectivity index (χ3n) is 3.31. The van der Waals surface area contributed by atoms with Crippen molar-refractivity contribution in [3.63, 3.8) is 0 Å². The van der Waals surface area contributed by atoms with E-state index in [4.69, 9.17) is 0 Å². The highest BCUT2D eigenvalue weighted by molar-refractivity contribution is 5.56. The Labute approximate surface area is 98.9 Å². The number of aryl methyl sites for hydroxylation is 1. The average Bonchev–Trinajstić information content (AvgIpc) is 2.15. The molecule has 1 aromatic carbocycles. The van der Waals surface area contributed by atoms with Gasteiger partial charge < -0.3 is 9.80 Å². The molecule has 0 N–H and O–H groups in total. The van der Waals surface area contributed by atoms with Crippen LogP contribution in [0.1, 0.15) is 11.1 Å². The van der Waals surface area contributed by atoms with Crippen LogP contribution in [0.4, 0.5) is 5.69 Å². The van der Waals surface area contributed by atoms with Gasteiger partial charge in [-0.1, -0.05) is 17.7 Å². The molecule has 1 unspecified atom stereocenters. The SMILES string of the molecule is Cc1ccc2c(c1)CC(CN(C)C)CN2C. The van der Waals surface area contributed by atoms with E-state index in [2.05, 4.69) is 56.1 Å². The Hall–Kier alpha value is -1.02. The molecule has 2 heteroatoms. The maximum Gasteiger partial charge on any atom is 0.0396 e. The highest BCUT2D eigenvalue weighted by Crippen LogP contribution is 2.29. The van der Waals surface area contributed by atoms with Gasteiger partial charge in [-0.15, -0.1) is 0 Å². The highest BCUT2D eigenvalue weighted by Gasteiger charge is 2.22. The topological polar surface area (TPSA) is 6.48 Å². The summed E-state index contributed by atoms with van der Waals surface area (Å²) < 4.78 is 0. The number of benzene rings is 1. The number of rotatable bonds is 2. The molecular formula is C14H22N2. The van der Waals surface area contributed by atoms with E-state index in [1.54, 1.807) is 0 Å². The molecule has 0 amide bonds. The number of anilines is 1. The van der Waals surface area contributed by atoms with Gasteiger partial charge in [0.2, 0.25) is 0 Å². The van der Waals surface area contributed by atoms with Crippen LogP contribution in [0, 0.1) is 12.8 Å². The summed E-state index contributed by atoms with van der Waals surface area (Å²) in [5.74, 6) is 0.759. The molecule has 1 atom stereocenters. The lowest BCUT2D eigenvalue weighted by atomic mass is 9.91. The molecule has 1 heterocycles. The van der Waals surface area contributed by atoms with E-state index in [1.165, 1.54) is 36.3 Å². The number of nitrogens with zero attached hydrogens (tertiary/aromatic N) is 2. The average molecular weight is 218 g/mol. The zero-order valence-corrected chi connectivity index (χ0v) is 10.8. The molecule has 16 heavy (non-hydrogen) atoms. The van der Waals surface area contributed by atoms with E-state index >= 15 is 0 Å². The fraction of sp³-hybridized carbons (Fsp3) is 0.571. The normalized spacial score (nSPS) is 20.1. The van der Waals surface area contributed by atoms with Crippen molar-refractivity contribution in [1.82, 2.24) is 4.90 Å². The first-order chi connectivity index (χ1) is 7.56. The van der Waals surface area contributed by atoms with Crippen LogP contribution in [0.3, 0.4) is 0 Å². The second kappa shape index (κ2) is 4.46. The van der Waals surface area contributed by atoms with E-state index in [9.17, 15) is 0 Å². The van der Waals surface area contributed by atoms with Gasteiger partial charge in [0.15, 0.2) is 0 Å². The predicted molar refractivity (Wildman–Crippen MR) is 70.2 cm³/mol. The standard InChI is InChI=1S/C14H22N2/c1-11-5-6-14-13(7-11)8-12(9-15(2)3)10-16(14)4/h5-7,12H,8-10H2,1-4H3. The van der Waals surface area contributed by atoms with Crippen molar-refractivity contribution in [3.8, 4) is 0 Å². The van der Waals surface area contributed by atoms with Crippen LogP contribution in [0.2, 0.25) is 0 Å². The second-order valence-corrected chi connectivity index (χ2v) is 5.35. The number of fused-ring (bicyclic) bond motifs is 1. The summed E-state index contributed by atoms with van der Waals surface area (Å²) in [5.41, 5.74) is 4.30. The van der Waals surface area contributed by atoms with Gasteiger partial charge in [-0.05, 0) is 45.0 Å². The zero-order valence-electron chi connectivity index (χ0n) is 10.8. The van der Waals surface area contributed by atoms with Crippen LogP contribution in [0.25, 0.3) is 0 Å². The first kappa shape index (κ1) is 11.5. The molecule has 2 nitrogen and oxygen atoms in total. The monoisotopic (exact) mass is 218 g/mol. The Kier molecular flexibility index (Phi) is 3.20. The first-order valence-corrected chi connectivity index (χ1v) is 6.01. The Morgan fingerprint density at radius 3 is 2.81 bits per heavy atom. The third kappa shape index (κ3) is 2.38. The fourth-order valence-corrected chi connectivity index (χ4v) is 2.75. The third-order valence-corrected chi connectivity index (χ3v) is 3.31. The van der Waals surface area contributed by atoms with Crippen molar-refractivity contribution in [2.75, 3.05) is 39.1 Å². The lowest BCUT2D eigenvalue weighted by molar-refractivity contribution is 0.320. The highest BCUT2D eigenvalue weighted by atomic mass is 15.1.